The quantitative estimate of drug-likeness (QED) is 0.380. The first-order valence-corrected chi connectivity index (χ1v) is 8.87. The molecule has 2 heterocycles. The summed E-state index contributed by atoms with van der Waals surface area (Å²) >= 11 is 0. The fourth-order valence-electron chi connectivity index (χ4n) is 3.02. The zero-order chi connectivity index (χ0) is 19.5. The summed E-state index contributed by atoms with van der Waals surface area (Å²) in [7, 11) is 0. The fourth-order valence-corrected chi connectivity index (χ4v) is 3.02. The molecule has 0 aliphatic carbocycles. The summed E-state index contributed by atoms with van der Waals surface area (Å²) in [4.78, 5) is 24.3. The molecule has 6 nitrogen and oxygen atoms in total. The van der Waals surface area contributed by atoms with E-state index in [-0.39, 0.29) is 18.2 Å². The Morgan fingerprint density at radius 1 is 1.07 bits per heavy atom. The first-order chi connectivity index (χ1) is 13.6. The third kappa shape index (κ3) is 3.62. The molecule has 28 heavy (non-hydrogen) atoms. The van der Waals surface area contributed by atoms with Crippen molar-refractivity contribution in [1.29, 1.82) is 0 Å². The van der Waals surface area contributed by atoms with Crippen molar-refractivity contribution in [2.45, 2.75) is 6.92 Å². The summed E-state index contributed by atoms with van der Waals surface area (Å²) in [5, 5.41) is 0.871. The van der Waals surface area contributed by atoms with Crippen LogP contribution in [0.2, 0.25) is 0 Å². The van der Waals surface area contributed by atoms with Gasteiger partial charge in [-0.25, -0.2) is 4.79 Å². The molecule has 0 amide bonds. The van der Waals surface area contributed by atoms with Gasteiger partial charge in [-0.1, -0.05) is 24.3 Å². The van der Waals surface area contributed by atoms with Crippen LogP contribution in [0, 0.1) is 6.92 Å². The van der Waals surface area contributed by atoms with E-state index in [4.69, 9.17) is 18.6 Å². The van der Waals surface area contributed by atoms with Gasteiger partial charge in [-0.3, -0.25) is 4.79 Å². The highest BCUT2D eigenvalue weighted by Crippen LogP contribution is 2.31. The largest absolute Gasteiger partial charge is 0.486 e. The number of fused-ring (bicyclic) bond motifs is 2. The molecule has 0 atom stereocenters. The van der Waals surface area contributed by atoms with Crippen molar-refractivity contribution in [3.63, 3.8) is 0 Å². The number of furan rings is 1. The van der Waals surface area contributed by atoms with Crippen molar-refractivity contribution < 1.29 is 28.2 Å². The maximum absolute atomic E-state index is 12.3. The third-order valence-electron chi connectivity index (χ3n) is 4.42. The number of aryl methyl sites for hydroxylation is 1. The fraction of sp³-hybridized carbons (Fsp3) is 0.182. The molecular formula is C22H18O6. The van der Waals surface area contributed by atoms with Crippen molar-refractivity contribution in [2.75, 3.05) is 19.8 Å². The monoisotopic (exact) mass is 378 g/mol. The van der Waals surface area contributed by atoms with Gasteiger partial charge in [-0.05, 0) is 36.8 Å². The van der Waals surface area contributed by atoms with Crippen LogP contribution in [-0.2, 0) is 9.53 Å². The summed E-state index contributed by atoms with van der Waals surface area (Å²) in [5.41, 5.74) is 2.14. The summed E-state index contributed by atoms with van der Waals surface area (Å²) in [6.07, 6.45) is 2.86. The predicted molar refractivity (Wildman–Crippen MR) is 103 cm³/mol. The van der Waals surface area contributed by atoms with Crippen molar-refractivity contribution in [3.05, 3.63) is 65.4 Å². The lowest BCUT2D eigenvalue weighted by Gasteiger charge is -2.18. The van der Waals surface area contributed by atoms with Crippen LogP contribution in [0.15, 0.2) is 53.0 Å². The minimum absolute atomic E-state index is 0.213. The molecular weight excluding hydrogens is 360 g/mol. The van der Waals surface area contributed by atoms with Crippen LogP contribution in [0.1, 0.15) is 21.7 Å². The molecule has 0 fully saturated rings. The van der Waals surface area contributed by atoms with E-state index in [9.17, 15) is 9.59 Å². The number of para-hydroxylation sites is 1. The smallest absolute Gasteiger partial charge is 0.331 e. The van der Waals surface area contributed by atoms with E-state index < -0.39 is 5.97 Å². The number of ketones is 1. The topological polar surface area (TPSA) is 75.0 Å². The Bertz CT molecular complexity index is 1080. The van der Waals surface area contributed by atoms with E-state index in [1.165, 1.54) is 6.08 Å². The Morgan fingerprint density at radius 2 is 1.86 bits per heavy atom. The van der Waals surface area contributed by atoms with E-state index in [1.807, 2.05) is 25.1 Å². The van der Waals surface area contributed by atoms with Crippen molar-refractivity contribution in [2.24, 2.45) is 0 Å². The van der Waals surface area contributed by atoms with Gasteiger partial charge in [0.1, 0.15) is 18.8 Å². The minimum Gasteiger partial charge on any atom is -0.486 e. The molecule has 0 saturated carbocycles. The molecule has 0 bridgehead atoms. The zero-order valence-electron chi connectivity index (χ0n) is 15.3. The van der Waals surface area contributed by atoms with Crippen molar-refractivity contribution >= 4 is 28.8 Å². The van der Waals surface area contributed by atoms with Crippen LogP contribution in [-0.4, -0.2) is 31.6 Å². The summed E-state index contributed by atoms with van der Waals surface area (Å²) < 4.78 is 21.6. The molecule has 0 spiro atoms. The summed E-state index contributed by atoms with van der Waals surface area (Å²) in [5.74, 6) is 0.534. The van der Waals surface area contributed by atoms with Crippen LogP contribution in [0.25, 0.3) is 17.0 Å². The molecule has 6 heteroatoms. The van der Waals surface area contributed by atoms with E-state index >= 15 is 0 Å². The maximum Gasteiger partial charge on any atom is 0.331 e. The van der Waals surface area contributed by atoms with Crippen molar-refractivity contribution in [3.8, 4) is 11.5 Å². The molecule has 1 aliphatic heterocycles. The molecule has 0 N–H and O–H groups in total. The van der Waals surface area contributed by atoms with Gasteiger partial charge in [0.25, 0.3) is 0 Å². The highest BCUT2D eigenvalue weighted by atomic mass is 16.6. The number of hydrogen-bond donors (Lipinski definition) is 0. The molecule has 1 aromatic heterocycles. The number of hydrogen-bond acceptors (Lipinski definition) is 6. The first-order valence-electron chi connectivity index (χ1n) is 8.87. The van der Waals surface area contributed by atoms with Gasteiger partial charge in [0.15, 0.2) is 23.9 Å². The minimum atomic E-state index is -0.614. The van der Waals surface area contributed by atoms with Gasteiger partial charge in [0.2, 0.25) is 5.78 Å². The molecule has 1 aliphatic rings. The summed E-state index contributed by atoms with van der Waals surface area (Å²) in [6.45, 7) is 2.44. The third-order valence-corrected chi connectivity index (χ3v) is 4.42. The number of carbonyl (C=O) groups excluding carboxylic acids is 2. The number of ether oxygens (including phenoxy) is 3. The van der Waals surface area contributed by atoms with Gasteiger partial charge in [-0.15, -0.1) is 0 Å². The van der Waals surface area contributed by atoms with E-state index in [0.29, 0.717) is 30.3 Å². The van der Waals surface area contributed by atoms with Gasteiger partial charge in [0.05, 0.1) is 0 Å². The number of benzene rings is 2. The first kappa shape index (κ1) is 17.9. The highest BCUT2D eigenvalue weighted by molar-refractivity contribution is 6.02. The Morgan fingerprint density at radius 3 is 2.68 bits per heavy atom. The van der Waals surface area contributed by atoms with Crippen LogP contribution < -0.4 is 9.47 Å². The molecule has 0 saturated heterocycles. The highest BCUT2D eigenvalue weighted by Gasteiger charge is 2.18. The van der Waals surface area contributed by atoms with E-state index in [2.05, 4.69) is 0 Å². The lowest BCUT2D eigenvalue weighted by atomic mass is 10.1. The Kier molecular flexibility index (Phi) is 4.85. The number of carbonyl (C=O) groups is 2. The zero-order valence-corrected chi connectivity index (χ0v) is 15.3. The predicted octanol–water partition coefficient (Wildman–Crippen LogP) is 3.95. The van der Waals surface area contributed by atoms with Gasteiger partial charge in [0, 0.05) is 17.0 Å². The number of esters is 1. The second kappa shape index (κ2) is 7.60. The van der Waals surface area contributed by atoms with Crippen LogP contribution >= 0.6 is 0 Å². The average molecular weight is 378 g/mol. The van der Waals surface area contributed by atoms with Crippen LogP contribution in [0.3, 0.4) is 0 Å². The Balaban J connectivity index is 1.38. The van der Waals surface area contributed by atoms with Gasteiger partial charge in [-0.2, -0.15) is 0 Å². The molecule has 142 valence electrons. The second-order valence-electron chi connectivity index (χ2n) is 6.32. The molecule has 3 aromatic rings. The van der Waals surface area contributed by atoms with Crippen LogP contribution in [0.5, 0.6) is 11.5 Å². The molecule has 4 rings (SSSR count). The second-order valence-corrected chi connectivity index (χ2v) is 6.32. The lowest BCUT2D eigenvalue weighted by molar-refractivity contribution is -0.136. The lowest BCUT2D eigenvalue weighted by Crippen LogP contribution is -2.15. The number of rotatable bonds is 5. The van der Waals surface area contributed by atoms with Crippen molar-refractivity contribution in [1.82, 2.24) is 0 Å². The van der Waals surface area contributed by atoms with Gasteiger partial charge < -0.3 is 18.6 Å². The molecule has 2 aromatic carbocycles. The molecule has 0 radical (unpaired) electrons. The average Bonchev–Trinajstić information content (AvgIpc) is 3.07. The normalized spacial score (nSPS) is 13.0. The SMILES string of the molecule is Cc1c(C(=O)COC(=O)/C=C/c2ccc3c(c2)OCCO3)oc2ccccc12. The summed E-state index contributed by atoms with van der Waals surface area (Å²) in [6, 6.07) is 12.8. The Hall–Kier alpha value is -3.54. The maximum atomic E-state index is 12.3. The Labute approximate surface area is 161 Å². The molecule has 0 unspecified atom stereocenters. The van der Waals surface area contributed by atoms with E-state index in [1.54, 1.807) is 30.3 Å². The van der Waals surface area contributed by atoms with Crippen LogP contribution in [0.4, 0.5) is 0 Å². The van der Waals surface area contributed by atoms with E-state index in [0.717, 1.165) is 16.5 Å². The number of Topliss-reactive ketones (excluding diaryl/α,β-unsaturated/α-hetero) is 1. The van der Waals surface area contributed by atoms with Gasteiger partial charge >= 0.3 is 5.97 Å². The standard InChI is InChI=1S/C22H18O6/c1-14-16-4-2-3-5-18(16)28-22(14)17(23)13-27-21(24)9-7-15-6-8-19-20(12-15)26-11-10-25-19/h2-9,12H,10-11,13H2,1H3/b9-7+.